The molecular weight excluding hydrogens is 286 g/mol. The molecule has 1 heterocycles. The first-order chi connectivity index (χ1) is 9.10. The number of aryl methyl sites for hydroxylation is 1. The topological polar surface area (TPSA) is 17.8 Å². The molecule has 1 aromatic heterocycles. The Hall–Kier alpha value is -1.99. The highest BCUT2D eigenvalue weighted by Crippen LogP contribution is 2.41. The minimum absolute atomic E-state index is 0.315. The Bertz CT molecular complexity index is 591. The van der Waals surface area contributed by atoms with Crippen LogP contribution in [0.2, 0.25) is 0 Å². The number of hydrogen-bond donors (Lipinski definition) is 0. The lowest BCUT2D eigenvalue weighted by molar-refractivity contribution is -0.142. The Morgan fingerprint density at radius 3 is 1.80 bits per heavy atom. The molecule has 0 bridgehead atoms. The van der Waals surface area contributed by atoms with Gasteiger partial charge in [0.05, 0.1) is 28.8 Å². The third kappa shape index (κ3) is 2.63. The van der Waals surface area contributed by atoms with Crippen LogP contribution in [0.4, 0.5) is 26.3 Å². The Morgan fingerprint density at radius 2 is 1.45 bits per heavy atom. The number of halogens is 6. The molecule has 2 aromatic rings. The first-order valence-electron chi connectivity index (χ1n) is 5.39. The number of rotatable bonds is 1. The first kappa shape index (κ1) is 14.4. The van der Waals surface area contributed by atoms with Gasteiger partial charge in [-0.05, 0) is 19.1 Å². The molecule has 0 aliphatic heterocycles. The molecule has 20 heavy (non-hydrogen) atoms. The van der Waals surface area contributed by atoms with E-state index >= 15 is 0 Å². The van der Waals surface area contributed by atoms with E-state index in [0.717, 1.165) is 23.2 Å². The summed E-state index contributed by atoms with van der Waals surface area (Å²) in [6.07, 6.45) is -7.75. The molecule has 2 nitrogen and oxygen atoms in total. The fourth-order valence-corrected chi connectivity index (χ4v) is 1.82. The van der Waals surface area contributed by atoms with E-state index in [0.29, 0.717) is 17.8 Å². The molecule has 0 saturated heterocycles. The average molecular weight is 294 g/mol. The van der Waals surface area contributed by atoms with Gasteiger partial charge in [0, 0.05) is 6.20 Å². The molecule has 0 spiro atoms. The zero-order valence-electron chi connectivity index (χ0n) is 10.0. The number of aromatic nitrogens is 2. The van der Waals surface area contributed by atoms with E-state index in [4.69, 9.17) is 0 Å². The smallest absolute Gasteiger partial charge is 0.305 e. The van der Waals surface area contributed by atoms with Crippen LogP contribution in [0.25, 0.3) is 5.69 Å². The summed E-state index contributed by atoms with van der Waals surface area (Å²) in [5.74, 6) is 0. The van der Waals surface area contributed by atoms with Crippen molar-refractivity contribution in [2.45, 2.75) is 19.3 Å². The van der Waals surface area contributed by atoms with Gasteiger partial charge in [-0.15, -0.1) is 0 Å². The Kier molecular flexibility index (Phi) is 3.27. The summed E-state index contributed by atoms with van der Waals surface area (Å²) >= 11 is 0. The summed E-state index contributed by atoms with van der Waals surface area (Å²) < 4.78 is 78.2. The largest absolute Gasteiger partial charge is 0.418 e. The van der Waals surface area contributed by atoms with E-state index in [-0.39, 0.29) is 0 Å². The lowest BCUT2D eigenvalue weighted by Gasteiger charge is -2.18. The van der Waals surface area contributed by atoms with Gasteiger partial charge in [-0.3, -0.25) is 0 Å². The zero-order valence-corrected chi connectivity index (χ0v) is 10.0. The quantitative estimate of drug-likeness (QED) is 0.720. The van der Waals surface area contributed by atoms with Crippen molar-refractivity contribution in [1.29, 1.82) is 0 Å². The third-order valence-corrected chi connectivity index (χ3v) is 2.62. The fourth-order valence-electron chi connectivity index (χ4n) is 1.82. The van der Waals surface area contributed by atoms with Crippen LogP contribution in [0.5, 0.6) is 0 Å². The summed E-state index contributed by atoms with van der Waals surface area (Å²) in [7, 11) is 0. The van der Waals surface area contributed by atoms with Crippen LogP contribution in [-0.4, -0.2) is 9.55 Å². The van der Waals surface area contributed by atoms with Crippen molar-refractivity contribution in [3.8, 4) is 5.69 Å². The monoisotopic (exact) mass is 294 g/mol. The van der Waals surface area contributed by atoms with Crippen molar-refractivity contribution < 1.29 is 26.3 Å². The molecule has 0 N–H and O–H groups in total. The van der Waals surface area contributed by atoms with Gasteiger partial charge >= 0.3 is 12.4 Å². The van der Waals surface area contributed by atoms with Crippen LogP contribution in [0.15, 0.2) is 30.7 Å². The third-order valence-electron chi connectivity index (χ3n) is 2.62. The van der Waals surface area contributed by atoms with Crippen LogP contribution >= 0.6 is 0 Å². The van der Waals surface area contributed by atoms with Gasteiger partial charge in [0.15, 0.2) is 0 Å². The lowest BCUT2D eigenvalue weighted by Crippen LogP contribution is -2.17. The number of para-hydroxylation sites is 1. The Labute approximate surface area is 109 Å². The minimum atomic E-state index is -4.89. The van der Waals surface area contributed by atoms with E-state index in [1.807, 2.05) is 0 Å². The molecule has 0 radical (unpaired) electrons. The average Bonchev–Trinajstić information content (AvgIpc) is 2.72. The molecule has 8 heteroatoms. The molecule has 0 aliphatic carbocycles. The zero-order chi connectivity index (χ0) is 15.1. The maximum atomic E-state index is 12.9. The summed E-state index contributed by atoms with van der Waals surface area (Å²) in [5.41, 5.74) is -3.36. The number of nitrogens with zero attached hydrogens (tertiary/aromatic N) is 2. The number of benzene rings is 1. The summed E-state index contributed by atoms with van der Waals surface area (Å²) in [5, 5.41) is 0. The molecule has 2 rings (SSSR count). The van der Waals surface area contributed by atoms with Crippen molar-refractivity contribution in [3.05, 3.63) is 47.5 Å². The van der Waals surface area contributed by atoms with Crippen LogP contribution in [0.3, 0.4) is 0 Å². The van der Waals surface area contributed by atoms with Gasteiger partial charge in [0.1, 0.15) is 0 Å². The van der Waals surface area contributed by atoms with Crippen LogP contribution in [0.1, 0.15) is 16.8 Å². The van der Waals surface area contributed by atoms with Gasteiger partial charge in [0.2, 0.25) is 0 Å². The first-order valence-corrected chi connectivity index (χ1v) is 5.39. The van der Waals surface area contributed by atoms with Gasteiger partial charge in [0.25, 0.3) is 0 Å². The van der Waals surface area contributed by atoms with Crippen molar-refractivity contribution in [2.24, 2.45) is 0 Å². The molecule has 0 amide bonds. The van der Waals surface area contributed by atoms with Crippen LogP contribution in [-0.2, 0) is 12.4 Å². The van der Waals surface area contributed by atoms with Crippen LogP contribution < -0.4 is 0 Å². The second-order valence-electron chi connectivity index (χ2n) is 4.12. The summed E-state index contributed by atoms with van der Waals surface area (Å²) in [4.78, 5) is 3.67. The molecule has 0 saturated carbocycles. The Balaban J connectivity index is 2.79. The second kappa shape index (κ2) is 4.53. The Morgan fingerprint density at radius 1 is 0.950 bits per heavy atom. The summed E-state index contributed by atoms with van der Waals surface area (Å²) in [6.45, 7) is 1.47. The highest BCUT2D eigenvalue weighted by atomic mass is 19.4. The molecule has 0 atom stereocenters. The van der Waals surface area contributed by atoms with E-state index in [2.05, 4.69) is 4.98 Å². The normalized spacial score (nSPS) is 12.8. The minimum Gasteiger partial charge on any atom is -0.305 e. The summed E-state index contributed by atoms with van der Waals surface area (Å²) in [6, 6.07) is 1.96. The SMILES string of the molecule is Cc1cn(-c2c(C(F)(F)F)cccc2C(F)(F)F)cn1. The molecule has 0 aliphatic rings. The maximum Gasteiger partial charge on any atom is 0.418 e. The van der Waals surface area contributed by atoms with E-state index in [1.165, 1.54) is 6.92 Å². The van der Waals surface area contributed by atoms with E-state index in [1.54, 1.807) is 0 Å². The number of imidazole rings is 1. The van der Waals surface area contributed by atoms with Crippen molar-refractivity contribution in [3.63, 3.8) is 0 Å². The predicted octanol–water partition coefficient (Wildman–Crippen LogP) is 4.22. The van der Waals surface area contributed by atoms with Gasteiger partial charge in [-0.1, -0.05) is 6.07 Å². The lowest BCUT2D eigenvalue weighted by atomic mass is 10.1. The highest BCUT2D eigenvalue weighted by Gasteiger charge is 2.41. The van der Waals surface area contributed by atoms with Crippen molar-refractivity contribution >= 4 is 0 Å². The molecular formula is C12H8F6N2. The van der Waals surface area contributed by atoms with Gasteiger partial charge < -0.3 is 4.57 Å². The standard InChI is InChI=1S/C12H8F6N2/c1-7-5-20(6-19-7)10-8(11(13,14)15)3-2-4-9(10)12(16,17)18/h2-6H,1H3. The second-order valence-corrected chi connectivity index (χ2v) is 4.12. The van der Waals surface area contributed by atoms with Gasteiger partial charge in [-0.25, -0.2) is 4.98 Å². The molecule has 108 valence electrons. The van der Waals surface area contributed by atoms with Crippen molar-refractivity contribution in [1.82, 2.24) is 9.55 Å². The number of alkyl halides is 6. The van der Waals surface area contributed by atoms with E-state index < -0.39 is 29.2 Å². The van der Waals surface area contributed by atoms with E-state index in [9.17, 15) is 26.3 Å². The molecule has 1 aromatic carbocycles. The predicted molar refractivity (Wildman–Crippen MR) is 58.3 cm³/mol. The highest BCUT2D eigenvalue weighted by molar-refractivity contribution is 5.51. The van der Waals surface area contributed by atoms with Crippen molar-refractivity contribution in [2.75, 3.05) is 0 Å². The fraction of sp³-hybridized carbons (Fsp3) is 0.250. The number of hydrogen-bond acceptors (Lipinski definition) is 1. The molecule has 0 unspecified atom stereocenters. The molecule has 0 fully saturated rings. The van der Waals surface area contributed by atoms with Crippen LogP contribution in [0, 0.1) is 6.92 Å². The van der Waals surface area contributed by atoms with Gasteiger partial charge in [-0.2, -0.15) is 26.3 Å². The maximum absolute atomic E-state index is 12.9.